The number of halogens is 1. The molecular weight excluding hydrogens is 442 g/mol. The molecule has 1 N–H and O–H groups in total. The van der Waals surface area contributed by atoms with E-state index in [1.54, 1.807) is 6.07 Å². The molecule has 32 heavy (non-hydrogen) atoms. The number of thiocarbonyl (C=S) groups is 1. The van der Waals surface area contributed by atoms with Crippen LogP contribution in [0.15, 0.2) is 48.0 Å². The van der Waals surface area contributed by atoms with Crippen LogP contribution in [0.25, 0.3) is 11.6 Å². The van der Waals surface area contributed by atoms with Crippen LogP contribution in [0, 0.1) is 6.92 Å². The molecule has 2 aliphatic heterocycles. The molecule has 0 unspecified atom stereocenters. The highest BCUT2D eigenvalue weighted by Gasteiger charge is 2.35. The van der Waals surface area contributed by atoms with Gasteiger partial charge in [0, 0.05) is 23.3 Å². The monoisotopic (exact) mass is 465 g/mol. The maximum atomic E-state index is 13.3. The summed E-state index contributed by atoms with van der Waals surface area (Å²) in [5.41, 5.74) is 5.14. The third-order valence-electron chi connectivity index (χ3n) is 6.00. The maximum Gasteiger partial charge on any atom is 0.270 e. The molecule has 0 saturated carbocycles. The second kappa shape index (κ2) is 7.87. The molecule has 2 heterocycles. The van der Waals surface area contributed by atoms with Gasteiger partial charge < -0.3 is 4.90 Å². The molecule has 2 amide bonds. The number of nitrogens with zero attached hydrogens (tertiary/aromatic N) is 2. The standard InChI is InChI=1S/C25H24ClN3O2S/c1-14-7-6-8-17(9-14)29-23(31)19(22(30)27-24(29)32)11-16-10-18-15(2)13-25(3,4)28(5)21(18)12-20(16)26/h6-13H,1-5H3,(H,27,30,32)/b19-11-. The number of hydrogen-bond acceptors (Lipinski definition) is 4. The Morgan fingerprint density at radius 2 is 1.84 bits per heavy atom. The molecule has 2 aromatic rings. The summed E-state index contributed by atoms with van der Waals surface area (Å²) in [6.07, 6.45) is 3.73. The number of allylic oxidation sites excluding steroid dienone is 1. The highest BCUT2D eigenvalue weighted by Crippen LogP contribution is 2.41. The van der Waals surface area contributed by atoms with Crippen molar-refractivity contribution < 1.29 is 9.59 Å². The quantitative estimate of drug-likeness (QED) is 0.380. The van der Waals surface area contributed by atoms with Crippen molar-refractivity contribution in [2.45, 2.75) is 33.2 Å². The molecule has 0 radical (unpaired) electrons. The third kappa shape index (κ3) is 3.74. The van der Waals surface area contributed by atoms with E-state index in [0.29, 0.717) is 16.3 Å². The Bertz CT molecular complexity index is 1250. The first kappa shape index (κ1) is 22.2. The summed E-state index contributed by atoms with van der Waals surface area (Å²) in [6.45, 7) is 8.25. The molecule has 0 bridgehead atoms. The van der Waals surface area contributed by atoms with E-state index in [9.17, 15) is 9.59 Å². The van der Waals surface area contributed by atoms with Gasteiger partial charge in [0.15, 0.2) is 5.11 Å². The number of carbonyl (C=O) groups is 2. The zero-order valence-electron chi connectivity index (χ0n) is 18.6. The lowest BCUT2D eigenvalue weighted by molar-refractivity contribution is -0.122. The molecule has 5 nitrogen and oxygen atoms in total. The Hall–Kier alpha value is -2.96. The van der Waals surface area contributed by atoms with E-state index in [2.05, 4.69) is 37.1 Å². The zero-order chi connectivity index (χ0) is 23.4. The van der Waals surface area contributed by atoms with Gasteiger partial charge in [-0.05, 0) is 87.0 Å². The first-order valence-corrected chi connectivity index (χ1v) is 11.0. The van der Waals surface area contributed by atoms with Crippen LogP contribution in [-0.2, 0) is 9.59 Å². The fraction of sp³-hybridized carbons (Fsp3) is 0.240. The smallest absolute Gasteiger partial charge is 0.270 e. The van der Waals surface area contributed by atoms with E-state index in [1.807, 2.05) is 44.3 Å². The van der Waals surface area contributed by atoms with Crippen LogP contribution in [0.4, 0.5) is 11.4 Å². The van der Waals surface area contributed by atoms with Crippen LogP contribution in [0.2, 0.25) is 5.02 Å². The largest absolute Gasteiger partial charge is 0.365 e. The summed E-state index contributed by atoms with van der Waals surface area (Å²) < 4.78 is 0. The fourth-order valence-corrected chi connectivity index (χ4v) is 4.61. The van der Waals surface area contributed by atoms with E-state index in [4.69, 9.17) is 23.8 Å². The van der Waals surface area contributed by atoms with E-state index in [0.717, 1.165) is 22.4 Å². The molecular formula is C25H24ClN3O2S. The van der Waals surface area contributed by atoms with Gasteiger partial charge >= 0.3 is 0 Å². The summed E-state index contributed by atoms with van der Waals surface area (Å²) in [5, 5.41) is 3.14. The number of anilines is 2. The van der Waals surface area contributed by atoms with E-state index < -0.39 is 11.8 Å². The molecule has 0 spiro atoms. The number of amides is 2. The van der Waals surface area contributed by atoms with Crippen LogP contribution in [0.5, 0.6) is 0 Å². The van der Waals surface area contributed by atoms with Crippen LogP contribution in [0.1, 0.15) is 37.5 Å². The van der Waals surface area contributed by atoms with Gasteiger partial charge in [0.1, 0.15) is 5.57 Å². The number of likely N-dealkylation sites (N-methyl/N-ethyl adjacent to an activating group) is 1. The van der Waals surface area contributed by atoms with Gasteiger partial charge in [-0.1, -0.05) is 29.8 Å². The molecule has 164 valence electrons. The number of hydrogen-bond donors (Lipinski definition) is 1. The van der Waals surface area contributed by atoms with E-state index >= 15 is 0 Å². The second-order valence-electron chi connectivity index (χ2n) is 8.73. The molecule has 2 aromatic carbocycles. The summed E-state index contributed by atoms with van der Waals surface area (Å²) in [6, 6.07) is 11.2. The Kier molecular flexibility index (Phi) is 5.47. The number of nitrogens with one attached hydrogen (secondary N) is 1. The van der Waals surface area contributed by atoms with Gasteiger partial charge in [-0.2, -0.15) is 0 Å². The van der Waals surface area contributed by atoms with Crippen molar-refractivity contribution in [1.29, 1.82) is 0 Å². The Morgan fingerprint density at radius 1 is 1.12 bits per heavy atom. The predicted octanol–water partition coefficient (Wildman–Crippen LogP) is 5.11. The highest BCUT2D eigenvalue weighted by atomic mass is 35.5. The maximum absolute atomic E-state index is 13.3. The van der Waals surface area contributed by atoms with Gasteiger partial charge in [0.05, 0.1) is 11.2 Å². The SMILES string of the molecule is CC1=CC(C)(C)N(C)c2cc(Cl)c(/C=C3/C(=O)NC(=S)N(c4cccc(C)c4)C3=O)cc21. The summed E-state index contributed by atoms with van der Waals surface area (Å²) in [4.78, 5) is 29.5. The third-order valence-corrected chi connectivity index (χ3v) is 6.61. The van der Waals surface area contributed by atoms with E-state index in [1.165, 1.54) is 11.0 Å². The topological polar surface area (TPSA) is 52.7 Å². The number of aryl methyl sites for hydroxylation is 1. The molecule has 1 fully saturated rings. The van der Waals surface area contributed by atoms with Gasteiger partial charge in [0.25, 0.3) is 11.8 Å². The number of benzene rings is 2. The molecule has 0 atom stereocenters. The molecule has 4 rings (SSSR count). The Balaban J connectivity index is 1.80. The van der Waals surface area contributed by atoms with Gasteiger partial charge in [-0.15, -0.1) is 0 Å². The van der Waals surface area contributed by atoms with Crippen molar-refractivity contribution in [1.82, 2.24) is 5.32 Å². The van der Waals surface area contributed by atoms with Crippen LogP contribution in [0.3, 0.4) is 0 Å². The molecule has 7 heteroatoms. The summed E-state index contributed by atoms with van der Waals surface area (Å²) >= 11 is 11.9. The number of carbonyl (C=O) groups excluding carboxylic acids is 2. The first-order chi connectivity index (χ1) is 15.0. The van der Waals surface area contributed by atoms with Crippen LogP contribution in [-0.4, -0.2) is 29.5 Å². The fourth-order valence-electron chi connectivity index (χ4n) is 4.11. The lowest BCUT2D eigenvalue weighted by Crippen LogP contribution is -2.54. The predicted molar refractivity (Wildman–Crippen MR) is 135 cm³/mol. The van der Waals surface area contributed by atoms with Gasteiger partial charge in [-0.25, -0.2) is 0 Å². The average molecular weight is 466 g/mol. The number of rotatable bonds is 2. The van der Waals surface area contributed by atoms with Crippen LogP contribution < -0.4 is 15.1 Å². The van der Waals surface area contributed by atoms with Crippen molar-refractivity contribution in [2.24, 2.45) is 0 Å². The average Bonchev–Trinajstić information content (AvgIpc) is 2.69. The Labute approximate surface area is 198 Å². The molecule has 0 aliphatic carbocycles. The molecule has 0 aromatic heterocycles. The summed E-state index contributed by atoms with van der Waals surface area (Å²) in [7, 11) is 2.02. The minimum Gasteiger partial charge on any atom is -0.365 e. The molecule has 2 aliphatic rings. The van der Waals surface area contributed by atoms with Gasteiger partial charge in [-0.3, -0.25) is 19.8 Å². The lowest BCUT2D eigenvalue weighted by atomic mass is 9.88. The van der Waals surface area contributed by atoms with Gasteiger partial charge in [0.2, 0.25) is 0 Å². The highest BCUT2D eigenvalue weighted by molar-refractivity contribution is 7.80. The minimum atomic E-state index is -0.539. The van der Waals surface area contributed by atoms with Crippen molar-refractivity contribution in [3.63, 3.8) is 0 Å². The van der Waals surface area contributed by atoms with Crippen molar-refractivity contribution >= 4 is 63.8 Å². The van der Waals surface area contributed by atoms with Crippen molar-refractivity contribution in [2.75, 3.05) is 16.8 Å². The minimum absolute atomic E-state index is 0.0203. The number of fused-ring (bicyclic) bond motifs is 1. The van der Waals surface area contributed by atoms with Crippen LogP contribution >= 0.6 is 23.8 Å². The second-order valence-corrected chi connectivity index (χ2v) is 9.52. The summed E-state index contributed by atoms with van der Waals surface area (Å²) in [5.74, 6) is -1.02. The van der Waals surface area contributed by atoms with Crippen molar-refractivity contribution in [3.05, 3.63) is 69.8 Å². The first-order valence-electron chi connectivity index (χ1n) is 10.2. The lowest BCUT2D eigenvalue weighted by Gasteiger charge is -2.40. The zero-order valence-corrected chi connectivity index (χ0v) is 20.2. The molecule has 1 saturated heterocycles. The Morgan fingerprint density at radius 3 is 2.53 bits per heavy atom. The van der Waals surface area contributed by atoms with E-state index in [-0.39, 0.29) is 16.2 Å². The van der Waals surface area contributed by atoms with Crippen molar-refractivity contribution in [3.8, 4) is 0 Å². The normalized spacial score (nSPS) is 19.1.